The van der Waals surface area contributed by atoms with Crippen molar-refractivity contribution in [1.82, 2.24) is 20.4 Å². The lowest BCUT2D eigenvalue weighted by Gasteiger charge is -2.18. The van der Waals surface area contributed by atoms with Crippen LogP contribution in [0.3, 0.4) is 0 Å². The Bertz CT molecular complexity index is 1160. The molecule has 1 amide bonds. The maximum absolute atomic E-state index is 13.0. The first kappa shape index (κ1) is 21.2. The summed E-state index contributed by atoms with van der Waals surface area (Å²) < 4.78 is 11.3. The molecular formula is C25H24N4O3. The molecule has 0 spiro atoms. The zero-order valence-electron chi connectivity index (χ0n) is 17.9. The van der Waals surface area contributed by atoms with Crippen molar-refractivity contribution in [2.24, 2.45) is 5.92 Å². The van der Waals surface area contributed by atoms with Gasteiger partial charge in [-0.05, 0) is 41.8 Å². The Labute approximate surface area is 186 Å². The number of ether oxygens (including phenoxy) is 1. The zero-order chi connectivity index (χ0) is 22.3. The molecular weight excluding hydrogens is 404 g/mol. The normalized spacial score (nSPS) is 11.8. The van der Waals surface area contributed by atoms with Crippen molar-refractivity contribution in [3.63, 3.8) is 0 Å². The topological polar surface area (TPSA) is 90.1 Å². The summed E-state index contributed by atoms with van der Waals surface area (Å²) in [5, 5.41) is 7.06. The van der Waals surface area contributed by atoms with E-state index in [1.54, 1.807) is 42.7 Å². The minimum absolute atomic E-state index is 0.0437. The molecule has 4 rings (SSSR count). The van der Waals surface area contributed by atoms with E-state index in [1.807, 2.05) is 50.2 Å². The van der Waals surface area contributed by atoms with Gasteiger partial charge < -0.3 is 14.6 Å². The minimum atomic E-state index is -0.431. The smallest absolute Gasteiger partial charge is 0.252 e. The van der Waals surface area contributed by atoms with Crippen molar-refractivity contribution in [2.75, 3.05) is 0 Å². The second kappa shape index (κ2) is 9.87. The Morgan fingerprint density at radius 2 is 1.81 bits per heavy atom. The van der Waals surface area contributed by atoms with Gasteiger partial charge in [-0.3, -0.25) is 9.78 Å². The Balaban J connectivity index is 1.46. The Morgan fingerprint density at radius 1 is 1.03 bits per heavy atom. The fraction of sp³-hybridized carbons (Fsp3) is 0.200. The van der Waals surface area contributed by atoms with Crippen LogP contribution in [-0.4, -0.2) is 21.0 Å². The van der Waals surface area contributed by atoms with Crippen LogP contribution in [0.15, 0.2) is 83.6 Å². The van der Waals surface area contributed by atoms with E-state index in [9.17, 15) is 4.79 Å². The molecule has 4 aromatic rings. The second-order valence-corrected chi connectivity index (χ2v) is 7.69. The number of hydrogen-bond donors (Lipinski definition) is 1. The lowest BCUT2D eigenvalue weighted by molar-refractivity contribution is 0.0913. The summed E-state index contributed by atoms with van der Waals surface area (Å²) in [6.07, 6.45) is 3.33. The summed E-state index contributed by atoms with van der Waals surface area (Å²) in [7, 11) is 0. The highest BCUT2D eigenvalue weighted by Crippen LogP contribution is 2.24. The van der Waals surface area contributed by atoms with Gasteiger partial charge in [0.1, 0.15) is 18.4 Å². The van der Waals surface area contributed by atoms with Crippen LogP contribution in [0, 0.1) is 5.92 Å². The van der Waals surface area contributed by atoms with Gasteiger partial charge in [-0.25, -0.2) is 0 Å². The molecule has 0 saturated carbocycles. The van der Waals surface area contributed by atoms with Crippen LogP contribution in [0.1, 0.15) is 41.7 Å². The highest BCUT2D eigenvalue weighted by Gasteiger charge is 2.25. The van der Waals surface area contributed by atoms with Gasteiger partial charge in [0.25, 0.3) is 5.91 Å². The molecule has 0 aliphatic heterocycles. The van der Waals surface area contributed by atoms with E-state index in [4.69, 9.17) is 9.26 Å². The van der Waals surface area contributed by atoms with E-state index in [-0.39, 0.29) is 11.8 Å². The summed E-state index contributed by atoms with van der Waals surface area (Å²) >= 11 is 0. The third kappa shape index (κ3) is 5.18. The van der Waals surface area contributed by atoms with Gasteiger partial charge in [0.15, 0.2) is 0 Å². The number of hydrogen-bond acceptors (Lipinski definition) is 6. The second-order valence-electron chi connectivity index (χ2n) is 7.69. The van der Waals surface area contributed by atoms with E-state index < -0.39 is 6.04 Å². The number of pyridine rings is 1. The first-order chi connectivity index (χ1) is 15.6. The number of rotatable bonds is 8. The van der Waals surface area contributed by atoms with E-state index >= 15 is 0 Å². The zero-order valence-corrected chi connectivity index (χ0v) is 17.9. The predicted octanol–water partition coefficient (Wildman–Crippen LogP) is 4.84. The molecule has 1 unspecified atom stereocenters. The quantitative estimate of drug-likeness (QED) is 0.432. The van der Waals surface area contributed by atoms with Gasteiger partial charge in [0.05, 0.1) is 0 Å². The average molecular weight is 428 g/mol. The van der Waals surface area contributed by atoms with E-state index in [0.717, 1.165) is 11.1 Å². The molecule has 0 saturated heterocycles. The lowest BCUT2D eigenvalue weighted by atomic mass is 10.0. The summed E-state index contributed by atoms with van der Waals surface area (Å²) in [4.78, 5) is 21.5. The number of carbonyl (C=O) groups is 1. The minimum Gasteiger partial charge on any atom is -0.489 e. The van der Waals surface area contributed by atoms with Gasteiger partial charge in [0.2, 0.25) is 11.7 Å². The molecule has 162 valence electrons. The number of carbonyl (C=O) groups excluding carboxylic acids is 1. The number of nitrogens with zero attached hydrogens (tertiary/aromatic N) is 3. The van der Waals surface area contributed by atoms with Crippen molar-refractivity contribution >= 4 is 5.91 Å². The third-order valence-corrected chi connectivity index (χ3v) is 4.94. The fourth-order valence-corrected chi connectivity index (χ4v) is 3.19. The number of amides is 1. The molecule has 1 N–H and O–H groups in total. The van der Waals surface area contributed by atoms with Crippen molar-refractivity contribution in [3.05, 3.63) is 96.1 Å². The van der Waals surface area contributed by atoms with Crippen molar-refractivity contribution < 1.29 is 14.1 Å². The highest BCUT2D eigenvalue weighted by molar-refractivity contribution is 5.94. The van der Waals surface area contributed by atoms with Crippen LogP contribution in [0.4, 0.5) is 0 Å². The number of benzene rings is 2. The highest BCUT2D eigenvalue weighted by atomic mass is 16.5. The molecule has 7 heteroatoms. The molecule has 1 atom stereocenters. The molecule has 2 aromatic carbocycles. The maximum atomic E-state index is 13.0. The Morgan fingerprint density at radius 3 is 2.56 bits per heavy atom. The SMILES string of the molecule is CC(C)C(NC(=O)c1cccc(OCc2ccccc2)c1)c1nc(-c2ccncc2)no1. The number of aromatic nitrogens is 3. The Hall–Kier alpha value is -4.00. The summed E-state index contributed by atoms with van der Waals surface area (Å²) in [5.74, 6) is 1.25. The van der Waals surface area contributed by atoms with E-state index in [0.29, 0.717) is 29.6 Å². The van der Waals surface area contributed by atoms with Crippen LogP contribution < -0.4 is 10.1 Å². The van der Waals surface area contributed by atoms with E-state index in [2.05, 4.69) is 20.4 Å². The fourth-order valence-electron chi connectivity index (χ4n) is 3.19. The summed E-state index contributed by atoms with van der Waals surface area (Å²) in [6, 6.07) is 20.2. The maximum Gasteiger partial charge on any atom is 0.252 e. The van der Waals surface area contributed by atoms with Gasteiger partial charge in [0, 0.05) is 23.5 Å². The molecule has 0 aliphatic rings. The molecule has 0 fully saturated rings. The molecule has 32 heavy (non-hydrogen) atoms. The third-order valence-electron chi connectivity index (χ3n) is 4.94. The first-order valence-electron chi connectivity index (χ1n) is 10.4. The molecule has 2 heterocycles. The van der Waals surface area contributed by atoms with Crippen LogP contribution in [-0.2, 0) is 6.61 Å². The van der Waals surface area contributed by atoms with Crippen molar-refractivity contribution in [2.45, 2.75) is 26.5 Å². The van der Waals surface area contributed by atoms with Gasteiger partial charge >= 0.3 is 0 Å². The standard InChI is InChI=1S/C25H24N4O3/c1-17(2)22(25-28-23(29-32-25)19-11-13-26-14-12-19)27-24(30)20-9-6-10-21(15-20)31-16-18-7-4-3-5-8-18/h3-15,17,22H,16H2,1-2H3,(H,27,30). The van der Waals surface area contributed by atoms with Gasteiger partial charge in [-0.2, -0.15) is 4.98 Å². The van der Waals surface area contributed by atoms with Crippen molar-refractivity contribution in [3.8, 4) is 17.1 Å². The lowest BCUT2D eigenvalue weighted by Crippen LogP contribution is -2.32. The van der Waals surface area contributed by atoms with Gasteiger partial charge in [-0.1, -0.05) is 55.4 Å². The largest absolute Gasteiger partial charge is 0.489 e. The van der Waals surface area contributed by atoms with E-state index in [1.165, 1.54) is 0 Å². The summed E-state index contributed by atoms with van der Waals surface area (Å²) in [5.41, 5.74) is 2.35. The van der Waals surface area contributed by atoms with Crippen LogP contribution >= 0.6 is 0 Å². The van der Waals surface area contributed by atoms with Crippen molar-refractivity contribution in [1.29, 1.82) is 0 Å². The average Bonchev–Trinajstić information content (AvgIpc) is 3.32. The van der Waals surface area contributed by atoms with Crippen LogP contribution in [0.5, 0.6) is 5.75 Å². The molecule has 0 radical (unpaired) electrons. The van der Waals surface area contributed by atoms with Crippen LogP contribution in [0.2, 0.25) is 0 Å². The summed E-state index contributed by atoms with van der Waals surface area (Å²) in [6.45, 7) is 4.40. The first-order valence-corrected chi connectivity index (χ1v) is 10.4. The Kier molecular flexibility index (Phi) is 6.55. The predicted molar refractivity (Wildman–Crippen MR) is 120 cm³/mol. The van der Waals surface area contributed by atoms with Crippen LogP contribution in [0.25, 0.3) is 11.4 Å². The molecule has 0 aliphatic carbocycles. The van der Waals surface area contributed by atoms with Gasteiger partial charge in [-0.15, -0.1) is 0 Å². The molecule has 0 bridgehead atoms. The number of nitrogens with one attached hydrogen (secondary N) is 1. The molecule has 7 nitrogen and oxygen atoms in total. The molecule has 2 aromatic heterocycles. The monoisotopic (exact) mass is 428 g/mol.